The van der Waals surface area contributed by atoms with Gasteiger partial charge in [-0.3, -0.25) is 4.99 Å². The van der Waals surface area contributed by atoms with Crippen LogP contribution in [0.3, 0.4) is 0 Å². The van der Waals surface area contributed by atoms with Gasteiger partial charge in [-0.25, -0.2) is 0 Å². The summed E-state index contributed by atoms with van der Waals surface area (Å²) in [6.45, 7) is 1.82. The van der Waals surface area contributed by atoms with Crippen molar-refractivity contribution in [3.8, 4) is 0 Å². The molecule has 2 aromatic rings. The van der Waals surface area contributed by atoms with Gasteiger partial charge in [0.2, 0.25) is 0 Å². The van der Waals surface area contributed by atoms with E-state index in [9.17, 15) is 0 Å². The number of aliphatic imine (C=N–C) groups is 1. The molecule has 0 saturated carbocycles. The third kappa shape index (κ3) is 3.55. The van der Waals surface area contributed by atoms with Crippen molar-refractivity contribution in [1.82, 2.24) is 5.32 Å². The van der Waals surface area contributed by atoms with Gasteiger partial charge in [0, 0.05) is 21.1 Å². The second kappa shape index (κ2) is 6.75. The van der Waals surface area contributed by atoms with Gasteiger partial charge in [-0.1, -0.05) is 56.1 Å². The average molecular weight is 408 g/mol. The summed E-state index contributed by atoms with van der Waals surface area (Å²) >= 11 is 7.17. The van der Waals surface area contributed by atoms with Crippen molar-refractivity contribution in [2.45, 2.75) is 12.8 Å². The molecule has 21 heavy (non-hydrogen) atoms. The minimum absolute atomic E-state index is 0.876. The van der Waals surface area contributed by atoms with Crippen molar-refractivity contribution in [2.24, 2.45) is 4.99 Å². The Morgan fingerprint density at radius 2 is 1.81 bits per heavy atom. The van der Waals surface area contributed by atoms with Crippen LogP contribution in [0.4, 0.5) is 0 Å². The highest BCUT2D eigenvalue weighted by molar-refractivity contribution is 9.11. The van der Waals surface area contributed by atoms with Gasteiger partial charge >= 0.3 is 0 Å². The summed E-state index contributed by atoms with van der Waals surface area (Å²) < 4.78 is 2.29. The number of hydrogen-bond donors (Lipinski definition) is 1. The zero-order chi connectivity index (χ0) is 14.7. The fourth-order valence-electron chi connectivity index (χ4n) is 2.55. The maximum atomic E-state index is 4.54. The molecule has 3 rings (SSSR count). The van der Waals surface area contributed by atoms with Crippen LogP contribution in [0.1, 0.15) is 16.7 Å². The molecule has 0 fully saturated rings. The Morgan fingerprint density at radius 3 is 2.62 bits per heavy atom. The van der Waals surface area contributed by atoms with Crippen LogP contribution in [-0.4, -0.2) is 18.9 Å². The van der Waals surface area contributed by atoms with Crippen LogP contribution in [0.25, 0.3) is 0 Å². The zero-order valence-corrected chi connectivity index (χ0v) is 14.7. The van der Waals surface area contributed by atoms with Gasteiger partial charge < -0.3 is 5.32 Å². The van der Waals surface area contributed by atoms with Crippen molar-refractivity contribution in [3.05, 3.63) is 68.1 Å². The molecule has 0 bridgehead atoms. The fraction of sp³-hybridized carbons (Fsp3) is 0.235. The Balaban J connectivity index is 1.81. The topological polar surface area (TPSA) is 24.4 Å². The molecule has 0 radical (unpaired) electrons. The molecule has 1 heterocycles. The van der Waals surface area contributed by atoms with Gasteiger partial charge in [0.05, 0.1) is 6.54 Å². The maximum absolute atomic E-state index is 4.54. The predicted molar refractivity (Wildman–Crippen MR) is 95.1 cm³/mol. The Labute approximate surface area is 141 Å². The summed E-state index contributed by atoms with van der Waals surface area (Å²) in [6, 6.07) is 14.9. The van der Waals surface area contributed by atoms with E-state index in [0.29, 0.717) is 0 Å². The molecule has 0 spiro atoms. The standard InChI is InChI=1S/C17H16Br2N2/c18-14-7-8-16(19)13(11-14)6-5-12-3-1-2-4-15(12)17-20-9-10-21-17/h1-4,7-8,11H,5-6,9-10H2,(H,20,21). The molecule has 1 N–H and O–H groups in total. The van der Waals surface area contributed by atoms with Crippen molar-refractivity contribution in [3.63, 3.8) is 0 Å². The number of rotatable bonds is 4. The van der Waals surface area contributed by atoms with E-state index in [1.54, 1.807) is 0 Å². The summed E-state index contributed by atoms with van der Waals surface area (Å²) in [5.41, 5.74) is 3.90. The van der Waals surface area contributed by atoms with Crippen LogP contribution in [-0.2, 0) is 12.8 Å². The lowest BCUT2D eigenvalue weighted by Gasteiger charge is -2.11. The van der Waals surface area contributed by atoms with Crippen molar-refractivity contribution in [1.29, 1.82) is 0 Å². The summed E-state index contributed by atoms with van der Waals surface area (Å²) in [7, 11) is 0. The number of hydrogen-bond acceptors (Lipinski definition) is 2. The monoisotopic (exact) mass is 406 g/mol. The molecule has 0 aliphatic carbocycles. The lowest BCUT2D eigenvalue weighted by molar-refractivity contribution is 0.942. The van der Waals surface area contributed by atoms with E-state index < -0.39 is 0 Å². The number of benzene rings is 2. The Bertz CT molecular complexity index is 680. The molecule has 0 saturated heterocycles. The van der Waals surface area contributed by atoms with E-state index >= 15 is 0 Å². The molecule has 0 unspecified atom stereocenters. The van der Waals surface area contributed by atoms with E-state index in [2.05, 4.69) is 84.6 Å². The number of nitrogens with zero attached hydrogens (tertiary/aromatic N) is 1. The number of halogens is 2. The Kier molecular flexibility index (Phi) is 4.76. The summed E-state index contributed by atoms with van der Waals surface area (Å²) in [5, 5.41) is 3.37. The van der Waals surface area contributed by atoms with Crippen LogP contribution in [0.2, 0.25) is 0 Å². The predicted octanol–water partition coefficient (Wildman–Crippen LogP) is 4.35. The lowest BCUT2D eigenvalue weighted by atomic mass is 9.99. The minimum Gasteiger partial charge on any atom is -0.368 e. The first-order valence-corrected chi connectivity index (χ1v) is 8.63. The molecule has 2 aromatic carbocycles. The largest absolute Gasteiger partial charge is 0.368 e. The van der Waals surface area contributed by atoms with Crippen LogP contribution in [0.5, 0.6) is 0 Å². The van der Waals surface area contributed by atoms with E-state index in [4.69, 9.17) is 0 Å². The molecular weight excluding hydrogens is 392 g/mol. The second-order valence-corrected chi connectivity index (χ2v) is 6.82. The SMILES string of the molecule is Brc1ccc(Br)c(CCc2ccccc2C2=NCCN2)c1. The van der Waals surface area contributed by atoms with Gasteiger partial charge in [-0.05, 0) is 42.2 Å². The van der Waals surface area contributed by atoms with Gasteiger partial charge in [0.1, 0.15) is 5.84 Å². The third-order valence-electron chi connectivity index (χ3n) is 3.62. The van der Waals surface area contributed by atoms with E-state index in [-0.39, 0.29) is 0 Å². The molecule has 108 valence electrons. The molecule has 1 aliphatic rings. The second-order valence-electron chi connectivity index (χ2n) is 5.05. The highest BCUT2D eigenvalue weighted by atomic mass is 79.9. The van der Waals surface area contributed by atoms with E-state index in [1.807, 2.05) is 0 Å². The van der Waals surface area contributed by atoms with Crippen LogP contribution in [0, 0.1) is 0 Å². The highest BCUT2D eigenvalue weighted by Gasteiger charge is 2.12. The molecule has 0 aromatic heterocycles. The molecule has 0 atom stereocenters. The first-order valence-electron chi connectivity index (χ1n) is 7.04. The smallest absolute Gasteiger partial charge is 0.128 e. The Morgan fingerprint density at radius 1 is 1.00 bits per heavy atom. The Hall–Kier alpha value is -1.13. The van der Waals surface area contributed by atoms with E-state index in [0.717, 1.165) is 36.2 Å². The fourth-order valence-corrected chi connectivity index (χ4v) is 3.41. The third-order valence-corrected chi connectivity index (χ3v) is 4.88. The van der Waals surface area contributed by atoms with Crippen molar-refractivity contribution in [2.75, 3.05) is 13.1 Å². The molecule has 2 nitrogen and oxygen atoms in total. The van der Waals surface area contributed by atoms with Crippen LogP contribution >= 0.6 is 31.9 Å². The summed E-state index contributed by atoms with van der Waals surface area (Å²) in [6.07, 6.45) is 2.01. The van der Waals surface area contributed by atoms with Gasteiger partial charge in [0.25, 0.3) is 0 Å². The molecule has 1 aliphatic heterocycles. The minimum atomic E-state index is 0.876. The quantitative estimate of drug-likeness (QED) is 0.800. The number of amidine groups is 1. The number of aryl methyl sites for hydroxylation is 2. The van der Waals surface area contributed by atoms with Crippen LogP contribution < -0.4 is 5.32 Å². The lowest BCUT2D eigenvalue weighted by Crippen LogP contribution is -2.21. The summed E-state index contributed by atoms with van der Waals surface area (Å²) in [4.78, 5) is 4.54. The first-order chi connectivity index (χ1) is 10.2. The normalized spacial score (nSPS) is 13.9. The zero-order valence-electron chi connectivity index (χ0n) is 11.6. The maximum Gasteiger partial charge on any atom is 0.128 e. The van der Waals surface area contributed by atoms with Gasteiger partial charge in [-0.2, -0.15) is 0 Å². The average Bonchev–Trinajstić information content (AvgIpc) is 3.03. The molecular formula is C17H16Br2N2. The summed E-state index contributed by atoms with van der Waals surface area (Å²) in [5.74, 6) is 1.04. The molecule has 0 amide bonds. The van der Waals surface area contributed by atoms with E-state index in [1.165, 1.54) is 21.2 Å². The first kappa shape index (κ1) is 14.8. The van der Waals surface area contributed by atoms with Crippen LogP contribution in [0.15, 0.2) is 56.4 Å². The van der Waals surface area contributed by atoms with Crippen molar-refractivity contribution < 1.29 is 0 Å². The molecule has 4 heteroatoms. The van der Waals surface area contributed by atoms with Gasteiger partial charge in [-0.15, -0.1) is 0 Å². The van der Waals surface area contributed by atoms with Crippen molar-refractivity contribution >= 4 is 37.7 Å². The highest BCUT2D eigenvalue weighted by Crippen LogP contribution is 2.23. The number of nitrogens with one attached hydrogen (secondary N) is 1. The van der Waals surface area contributed by atoms with Gasteiger partial charge in [0.15, 0.2) is 0 Å².